The van der Waals surface area contributed by atoms with Crippen LogP contribution in [0.4, 0.5) is 0 Å². The van der Waals surface area contributed by atoms with E-state index in [1.165, 1.54) is 0 Å². The molecule has 50 valence electrons. The fraction of sp³-hybridized carbons (Fsp3) is 0.833. The normalized spacial score (nSPS) is 8.78. The van der Waals surface area contributed by atoms with Crippen molar-refractivity contribution in [2.75, 3.05) is 0 Å². The first-order valence-electron chi connectivity index (χ1n) is 2.95. The van der Waals surface area contributed by atoms with E-state index in [2.05, 4.69) is 0 Å². The van der Waals surface area contributed by atoms with Crippen LogP contribution < -0.4 is 0 Å². The molecule has 1 N–H and O–H groups in total. The molecule has 9 heavy (non-hydrogen) atoms. The Kier molecular flexibility index (Phi) is 8.45. The lowest BCUT2D eigenvalue weighted by Gasteiger charge is -2.02. The van der Waals surface area contributed by atoms with Gasteiger partial charge in [0.15, 0.2) is 0 Å². The van der Waals surface area contributed by atoms with Crippen molar-refractivity contribution >= 4 is 29.0 Å². The van der Waals surface area contributed by atoms with E-state index in [4.69, 9.17) is 5.11 Å². The van der Waals surface area contributed by atoms with Gasteiger partial charge >= 0.3 is 5.97 Å². The molecule has 0 atom stereocenters. The maximum absolute atomic E-state index is 10.2. The van der Waals surface area contributed by atoms with Gasteiger partial charge in [-0.3, -0.25) is 4.79 Å². The number of rotatable bonds is 3. The zero-order valence-electron chi connectivity index (χ0n) is 6.05. The summed E-state index contributed by atoms with van der Waals surface area (Å²) in [5.74, 6) is -0.801. The van der Waals surface area contributed by atoms with E-state index in [-0.39, 0.29) is 29.0 Å². The van der Waals surface area contributed by atoms with E-state index < -0.39 is 5.97 Å². The molecule has 0 saturated carbocycles. The second-order valence-electron chi connectivity index (χ2n) is 1.85. The van der Waals surface area contributed by atoms with E-state index in [1.54, 1.807) is 0 Å². The number of carbonyl (C=O) groups is 1. The molecule has 0 rings (SSSR count). The van der Waals surface area contributed by atoms with Gasteiger partial charge in [0.2, 0.25) is 0 Å². The molecule has 0 aromatic heterocycles. The molecule has 0 aliphatic carbocycles. The number of hydrogen-bond donors (Lipinski definition) is 1. The van der Waals surface area contributed by atoms with Crippen molar-refractivity contribution < 1.29 is 9.90 Å². The summed E-state index contributed by atoms with van der Waals surface area (Å²) in [5.41, 5.74) is 0. The van der Waals surface area contributed by atoms with Crippen LogP contribution >= 0.6 is 0 Å². The average Bonchev–Trinajstić information content (AvgIpc) is 1.69. The molecule has 0 aliphatic rings. The Morgan fingerprint density at radius 3 is 1.78 bits per heavy atom. The summed E-state index contributed by atoms with van der Waals surface area (Å²) in [6.07, 6.45) is 1.48. The van der Waals surface area contributed by atoms with E-state index in [1.807, 2.05) is 13.8 Å². The molecular formula is C6H12MgO2. The Balaban J connectivity index is 0. The summed E-state index contributed by atoms with van der Waals surface area (Å²) in [4.78, 5) is 10.2. The molecule has 2 radical (unpaired) electrons. The molecule has 0 heterocycles. The summed E-state index contributed by atoms with van der Waals surface area (Å²) in [7, 11) is 0. The second kappa shape index (κ2) is 6.36. The fourth-order valence-corrected chi connectivity index (χ4v) is 0.638. The SMILES string of the molecule is CCC(CC)C(=O)O.[Mg]. The van der Waals surface area contributed by atoms with Gasteiger partial charge in [-0.05, 0) is 12.8 Å². The lowest BCUT2D eigenvalue weighted by molar-refractivity contribution is -0.141. The van der Waals surface area contributed by atoms with E-state index in [9.17, 15) is 4.79 Å². The summed E-state index contributed by atoms with van der Waals surface area (Å²) < 4.78 is 0. The number of hydrogen-bond acceptors (Lipinski definition) is 1. The van der Waals surface area contributed by atoms with Crippen molar-refractivity contribution in [2.24, 2.45) is 5.92 Å². The standard InChI is InChI=1S/C6H12O2.Mg/c1-3-5(4-2)6(7)8;/h5H,3-4H2,1-2H3,(H,7,8);. The van der Waals surface area contributed by atoms with Crippen LogP contribution in [0.2, 0.25) is 0 Å². The average molecular weight is 140 g/mol. The molecule has 0 saturated heterocycles. The van der Waals surface area contributed by atoms with Crippen LogP contribution in [0.1, 0.15) is 26.7 Å². The zero-order valence-corrected chi connectivity index (χ0v) is 7.47. The molecular weight excluding hydrogens is 128 g/mol. The van der Waals surface area contributed by atoms with Crippen LogP contribution in [0.5, 0.6) is 0 Å². The van der Waals surface area contributed by atoms with Crippen LogP contribution in [-0.4, -0.2) is 34.1 Å². The third kappa shape index (κ3) is 4.72. The van der Waals surface area contributed by atoms with E-state index >= 15 is 0 Å². The molecule has 0 bridgehead atoms. The Bertz CT molecular complexity index is 79.1. The lowest BCUT2D eigenvalue weighted by atomic mass is 10.1. The molecule has 0 aromatic carbocycles. The minimum absolute atomic E-state index is 0. The molecule has 0 fully saturated rings. The largest absolute Gasteiger partial charge is 0.481 e. The van der Waals surface area contributed by atoms with Gasteiger partial charge in [-0.1, -0.05) is 13.8 Å². The number of aliphatic carboxylic acids is 1. The minimum Gasteiger partial charge on any atom is -0.481 e. The van der Waals surface area contributed by atoms with Crippen molar-refractivity contribution in [2.45, 2.75) is 26.7 Å². The summed E-state index contributed by atoms with van der Waals surface area (Å²) in [6, 6.07) is 0. The molecule has 2 nitrogen and oxygen atoms in total. The summed E-state index contributed by atoms with van der Waals surface area (Å²) in [6.45, 7) is 3.78. The highest BCUT2D eigenvalue weighted by Gasteiger charge is 2.10. The van der Waals surface area contributed by atoms with Gasteiger partial charge in [-0.25, -0.2) is 0 Å². The van der Waals surface area contributed by atoms with Crippen molar-refractivity contribution in [3.8, 4) is 0 Å². The first kappa shape index (κ1) is 12.0. The molecule has 0 unspecified atom stereocenters. The molecule has 3 heteroatoms. The van der Waals surface area contributed by atoms with Gasteiger partial charge in [-0.2, -0.15) is 0 Å². The Morgan fingerprint density at radius 2 is 1.78 bits per heavy atom. The van der Waals surface area contributed by atoms with Gasteiger partial charge in [-0.15, -0.1) is 0 Å². The predicted molar refractivity (Wildman–Crippen MR) is 37.5 cm³/mol. The fourth-order valence-electron chi connectivity index (χ4n) is 0.638. The second-order valence-corrected chi connectivity index (χ2v) is 1.85. The topological polar surface area (TPSA) is 37.3 Å². The molecule has 0 amide bonds. The van der Waals surface area contributed by atoms with Crippen LogP contribution in [0, 0.1) is 5.92 Å². The van der Waals surface area contributed by atoms with Crippen molar-refractivity contribution in [1.29, 1.82) is 0 Å². The third-order valence-electron chi connectivity index (χ3n) is 1.33. The number of carboxylic acid groups (broad SMARTS) is 1. The summed E-state index contributed by atoms with van der Waals surface area (Å²) in [5, 5.41) is 8.37. The Hall–Kier alpha value is 0.236. The molecule has 0 aliphatic heterocycles. The zero-order chi connectivity index (χ0) is 6.57. The highest BCUT2D eigenvalue weighted by Crippen LogP contribution is 2.05. The molecule has 0 aromatic rings. The Morgan fingerprint density at radius 1 is 1.44 bits per heavy atom. The van der Waals surface area contributed by atoms with Crippen molar-refractivity contribution in [1.82, 2.24) is 0 Å². The van der Waals surface area contributed by atoms with Crippen molar-refractivity contribution in [3.63, 3.8) is 0 Å². The smallest absolute Gasteiger partial charge is 0.306 e. The number of carboxylic acids is 1. The highest BCUT2D eigenvalue weighted by molar-refractivity contribution is 5.75. The maximum Gasteiger partial charge on any atom is 0.306 e. The van der Waals surface area contributed by atoms with Crippen molar-refractivity contribution in [3.05, 3.63) is 0 Å². The minimum atomic E-state index is -0.671. The van der Waals surface area contributed by atoms with Crippen LogP contribution in [0.3, 0.4) is 0 Å². The van der Waals surface area contributed by atoms with Gasteiger partial charge in [0.1, 0.15) is 0 Å². The van der Waals surface area contributed by atoms with Crippen LogP contribution in [-0.2, 0) is 4.79 Å². The summed E-state index contributed by atoms with van der Waals surface area (Å²) >= 11 is 0. The third-order valence-corrected chi connectivity index (χ3v) is 1.33. The van der Waals surface area contributed by atoms with Gasteiger partial charge in [0.25, 0.3) is 0 Å². The van der Waals surface area contributed by atoms with E-state index in [0.29, 0.717) is 0 Å². The highest BCUT2D eigenvalue weighted by atomic mass is 24.3. The van der Waals surface area contributed by atoms with Gasteiger partial charge in [0.05, 0.1) is 5.92 Å². The van der Waals surface area contributed by atoms with Gasteiger partial charge < -0.3 is 5.11 Å². The monoisotopic (exact) mass is 140 g/mol. The van der Waals surface area contributed by atoms with Crippen LogP contribution in [0.25, 0.3) is 0 Å². The predicted octanol–water partition coefficient (Wildman–Crippen LogP) is 1.13. The first-order valence-corrected chi connectivity index (χ1v) is 2.95. The van der Waals surface area contributed by atoms with Crippen LogP contribution in [0.15, 0.2) is 0 Å². The van der Waals surface area contributed by atoms with E-state index in [0.717, 1.165) is 12.8 Å². The quantitative estimate of drug-likeness (QED) is 0.597. The molecule has 0 spiro atoms. The first-order chi connectivity index (χ1) is 3.72. The lowest BCUT2D eigenvalue weighted by Crippen LogP contribution is -2.10. The Labute approximate surface area is 71.8 Å². The van der Waals surface area contributed by atoms with Gasteiger partial charge in [0, 0.05) is 23.1 Å². The maximum atomic E-state index is 10.2.